The van der Waals surface area contributed by atoms with Crippen LogP contribution in [0.4, 0.5) is 11.6 Å². The van der Waals surface area contributed by atoms with Crippen molar-refractivity contribution >= 4 is 23.0 Å². The zero-order valence-electron chi connectivity index (χ0n) is 10.8. The maximum atomic E-state index is 4.45. The number of thiazole rings is 1. The fourth-order valence-corrected chi connectivity index (χ4v) is 2.21. The standard InChI is InChI=1S/C12H17N5S/c1-4-13-11-5-12(16-9(2)15-11)17(3)6-10-7-18-8-14-10/h5,7-8H,4,6H2,1-3H3,(H,13,15,16). The van der Waals surface area contributed by atoms with E-state index in [1.807, 2.05) is 25.5 Å². The number of hydrogen-bond acceptors (Lipinski definition) is 6. The number of hydrogen-bond donors (Lipinski definition) is 1. The van der Waals surface area contributed by atoms with Crippen molar-refractivity contribution in [3.05, 3.63) is 28.5 Å². The first-order chi connectivity index (χ1) is 8.69. The van der Waals surface area contributed by atoms with Gasteiger partial charge in [-0.3, -0.25) is 0 Å². The maximum Gasteiger partial charge on any atom is 0.134 e. The van der Waals surface area contributed by atoms with E-state index in [4.69, 9.17) is 0 Å². The highest BCUT2D eigenvalue weighted by Crippen LogP contribution is 2.16. The smallest absolute Gasteiger partial charge is 0.134 e. The summed E-state index contributed by atoms with van der Waals surface area (Å²) in [4.78, 5) is 15.1. The summed E-state index contributed by atoms with van der Waals surface area (Å²) in [7, 11) is 2.01. The van der Waals surface area contributed by atoms with E-state index in [2.05, 4.69) is 37.5 Å². The summed E-state index contributed by atoms with van der Waals surface area (Å²) in [6, 6.07) is 1.96. The van der Waals surface area contributed by atoms with E-state index < -0.39 is 0 Å². The minimum atomic E-state index is 0.755. The summed E-state index contributed by atoms with van der Waals surface area (Å²) in [5.74, 6) is 2.55. The van der Waals surface area contributed by atoms with Gasteiger partial charge in [0.15, 0.2) is 0 Å². The van der Waals surface area contributed by atoms with Crippen LogP contribution in [0.5, 0.6) is 0 Å². The molecule has 0 radical (unpaired) electrons. The Kier molecular flexibility index (Phi) is 4.09. The molecule has 2 aromatic rings. The quantitative estimate of drug-likeness (QED) is 0.897. The highest BCUT2D eigenvalue weighted by molar-refractivity contribution is 7.07. The zero-order chi connectivity index (χ0) is 13.0. The Morgan fingerprint density at radius 2 is 2.22 bits per heavy atom. The third-order valence-electron chi connectivity index (χ3n) is 2.46. The Bertz CT molecular complexity index is 497. The lowest BCUT2D eigenvalue weighted by Crippen LogP contribution is -2.19. The lowest BCUT2D eigenvalue weighted by molar-refractivity contribution is 0.859. The Hall–Kier alpha value is -1.69. The molecule has 96 valence electrons. The lowest BCUT2D eigenvalue weighted by Gasteiger charge is -2.18. The van der Waals surface area contributed by atoms with Crippen molar-refractivity contribution in [1.29, 1.82) is 0 Å². The molecule has 0 atom stereocenters. The first-order valence-electron chi connectivity index (χ1n) is 5.86. The second-order valence-electron chi connectivity index (χ2n) is 4.02. The van der Waals surface area contributed by atoms with Crippen LogP contribution in [0.2, 0.25) is 0 Å². The normalized spacial score (nSPS) is 10.4. The van der Waals surface area contributed by atoms with Gasteiger partial charge < -0.3 is 10.2 Å². The van der Waals surface area contributed by atoms with Gasteiger partial charge >= 0.3 is 0 Å². The third kappa shape index (κ3) is 3.16. The van der Waals surface area contributed by atoms with Crippen LogP contribution in [0, 0.1) is 6.92 Å². The summed E-state index contributed by atoms with van der Waals surface area (Å²) >= 11 is 1.61. The van der Waals surface area contributed by atoms with Crippen LogP contribution in [0.25, 0.3) is 0 Å². The van der Waals surface area contributed by atoms with Crippen LogP contribution in [-0.2, 0) is 6.54 Å². The predicted molar refractivity (Wildman–Crippen MR) is 75.2 cm³/mol. The molecule has 0 aromatic carbocycles. The molecule has 1 N–H and O–H groups in total. The summed E-state index contributed by atoms with van der Waals surface area (Å²) in [6.07, 6.45) is 0. The molecule has 2 heterocycles. The van der Waals surface area contributed by atoms with Gasteiger partial charge in [0.05, 0.1) is 17.7 Å². The molecule has 0 bridgehead atoms. The van der Waals surface area contributed by atoms with Crippen molar-refractivity contribution < 1.29 is 0 Å². The summed E-state index contributed by atoms with van der Waals surface area (Å²) in [5, 5.41) is 5.26. The van der Waals surface area contributed by atoms with Gasteiger partial charge in [0, 0.05) is 25.0 Å². The number of aromatic nitrogens is 3. The molecule has 0 saturated carbocycles. The number of aryl methyl sites for hydroxylation is 1. The van der Waals surface area contributed by atoms with Crippen molar-refractivity contribution in [2.75, 3.05) is 23.8 Å². The molecular weight excluding hydrogens is 246 g/mol. The highest BCUT2D eigenvalue weighted by Gasteiger charge is 2.07. The molecule has 2 rings (SSSR count). The fourth-order valence-electron chi connectivity index (χ4n) is 1.66. The van der Waals surface area contributed by atoms with E-state index in [9.17, 15) is 0 Å². The highest BCUT2D eigenvalue weighted by atomic mass is 32.1. The van der Waals surface area contributed by atoms with Gasteiger partial charge in [-0.05, 0) is 13.8 Å². The molecule has 0 unspecified atom stereocenters. The molecule has 0 aliphatic heterocycles. The Morgan fingerprint density at radius 1 is 1.39 bits per heavy atom. The Labute approximate surface area is 111 Å². The van der Waals surface area contributed by atoms with Crippen molar-refractivity contribution in [2.24, 2.45) is 0 Å². The van der Waals surface area contributed by atoms with Gasteiger partial charge in [-0.1, -0.05) is 0 Å². The molecule has 0 aliphatic carbocycles. The third-order valence-corrected chi connectivity index (χ3v) is 3.09. The van der Waals surface area contributed by atoms with Crippen molar-refractivity contribution in [3.8, 4) is 0 Å². The Balaban J connectivity index is 2.16. The SMILES string of the molecule is CCNc1cc(N(C)Cc2cscn2)nc(C)n1. The van der Waals surface area contributed by atoms with Gasteiger partial charge in [-0.25, -0.2) is 15.0 Å². The summed E-state index contributed by atoms with van der Waals surface area (Å²) < 4.78 is 0. The van der Waals surface area contributed by atoms with Gasteiger partial charge in [0.2, 0.25) is 0 Å². The second kappa shape index (κ2) is 5.77. The first-order valence-corrected chi connectivity index (χ1v) is 6.81. The molecule has 6 heteroatoms. The fraction of sp³-hybridized carbons (Fsp3) is 0.417. The molecule has 5 nitrogen and oxygen atoms in total. The number of nitrogens with zero attached hydrogens (tertiary/aromatic N) is 4. The van der Waals surface area contributed by atoms with Crippen molar-refractivity contribution in [1.82, 2.24) is 15.0 Å². The lowest BCUT2D eigenvalue weighted by atomic mass is 10.4. The second-order valence-corrected chi connectivity index (χ2v) is 4.74. The minimum Gasteiger partial charge on any atom is -0.370 e. The largest absolute Gasteiger partial charge is 0.370 e. The van der Waals surface area contributed by atoms with E-state index in [0.717, 1.165) is 36.2 Å². The molecule has 2 aromatic heterocycles. The molecular formula is C12H17N5S. The molecule has 0 aliphatic rings. The number of anilines is 2. The van der Waals surface area contributed by atoms with E-state index in [1.54, 1.807) is 11.3 Å². The number of rotatable bonds is 5. The molecule has 0 saturated heterocycles. The van der Waals surface area contributed by atoms with E-state index in [1.165, 1.54) is 0 Å². The number of nitrogens with one attached hydrogen (secondary N) is 1. The molecule has 0 amide bonds. The van der Waals surface area contributed by atoms with Gasteiger partial charge in [-0.2, -0.15) is 0 Å². The van der Waals surface area contributed by atoms with Crippen LogP contribution in [0.1, 0.15) is 18.4 Å². The van der Waals surface area contributed by atoms with Crippen LogP contribution in [0.15, 0.2) is 17.0 Å². The maximum absolute atomic E-state index is 4.45. The summed E-state index contributed by atoms with van der Waals surface area (Å²) in [5.41, 5.74) is 2.90. The molecule has 18 heavy (non-hydrogen) atoms. The van der Waals surface area contributed by atoms with Gasteiger partial charge in [0.25, 0.3) is 0 Å². The molecule has 0 fully saturated rings. The zero-order valence-corrected chi connectivity index (χ0v) is 11.7. The van der Waals surface area contributed by atoms with E-state index in [0.29, 0.717) is 0 Å². The molecule has 0 spiro atoms. The average Bonchev–Trinajstić information content (AvgIpc) is 2.81. The van der Waals surface area contributed by atoms with E-state index >= 15 is 0 Å². The van der Waals surface area contributed by atoms with E-state index in [-0.39, 0.29) is 0 Å². The topological polar surface area (TPSA) is 53.9 Å². The van der Waals surface area contributed by atoms with Crippen LogP contribution >= 0.6 is 11.3 Å². The predicted octanol–water partition coefficient (Wildman–Crippen LogP) is 2.31. The minimum absolute atomic E-state index is 0.755. The van der Waals surface area contributed by atoms with Crippen LogP contribution in [0.3, 0.4) is 0 Å². The van der Waals surface area contributed by atoms with Crippen LogP contribution in [-0.4, -0.2) is 28.5 Å². The summed E-state index contributed by atoms with van der Waals surface area (Å²) in [6.45, 7) is 5.56. The Morgan fingerprint density at radius 3 is 2.89 bits per heavy atom. The first kappa shape index (κ1) is 12.8. The van der Waals surface area contributed by atoms with Crippen molar-refractivity contribution in [3.63, 3.8) is 0 Å². The van der Waals surface area contributed by atoms with Crippen molar-refractivity contribution in [2.45, 2.75) is 20.4 Å². The average molecular weight is 263 g/mol. The van der Waals surface area contributed by atoms with Gasteiger partial charge in [0.1, 0.15) is 17.5 Å². The van der Waals surface area contributed by atoms with Gasteiger partial charge in [-0.15, -0.1) is 11.3 Å². The monoisotopic (exact) mass is 263 g/mol. The van der Waals surface area contributed by atoms with Crippen LogP contribution < -0.4 is 10.2 Å².